The van der Waals surface area contributed by atoms with Crippen molar-refractivity contribution in [3.05, 3.63) is 62.7 Å². The van der Waals surface area contributed by atoms with Crippen LogP contribution in [0.15, 0.2) is 30.3 Å². The highest BCUT2D eigenvalue weighted by molar-refractivity contribution is 5.96. The van der Waals surface area contributed by atoms with Crippen molar-refractivity contribution in [1.29, 1.82) is 0 Å². The molecule has 0 aliphatic heterocycles. The molecule has 0 radical (unpaired) electrons. The molecule has 0 bridgehead atoms. The molecule has 1 N–H and O–H groups in total. The summed E-state index contributed by atoms with van der Waals surface area (Å²) in [5, 5.41) is 13.6. The molecule has 148 valence electrons. The maximum absolute atomic E-state index is 12.1. The summed E-state index contributed by atoms with van der Waals surface area (Å²) in [6.07, 6.45) is 0. The standard InChI is InChI=1S/C20H22N2O6/c1-12-5-7-16(9-14(12)3)27-11-19(24)28-10-18(23)21-20-15(4)13(2)6-8-17(20)22(25)26/h5-9H,10-11H2,1-4H3,(H,21,23). The van der Waals surface area contributed by atoms with Crippen LogP contribution < -0.4 is 10.1 Å². The van der Waals surface area contributed by atoms with E-state index in [0.29, 0.717) is 11.3 Å². The van der Waals surface area contributed by atoms with Crippen molar-refractivity contribution in [2.24, 2.45) is 0 Å². The summed E-state index contributed by atoms with van der Waals surface area (Å²) >= 11 is 0. The van der Waals surface area contributed by atoms with Gasteiger partial charge in [-0.05, 0) is 62.1 Å². The Morgan fingerprint density at radius 2 is 1.68 bits per heavy atom. The largest absolute Gasteiger partial charge is 0.482 e. The van der Waals surface area contributed by atoms with Crippen molar-refractivity contribution in [3.63, 3.8) is 0 Å². The van der Waals surface area contributed by atoms with Crippen molar-refractivity contribution in [3.8, 4) is 5.75 Å². The third-order valence-electron chi connectivity index (χ3n) is 4.37. The van der Waals surface area contributed by atoms with E-state index < -0.39 is 23.4 Å². The maximum Gasteiger partial charge on any atom is 0.344 e. The van der Waals surface area contributed by atoms with Crippen molar-refractivity contribution in [2.75, 3.05) is 18.5 Å². The number of hydrogen-bond acceptors (Lipinski definition) is 6. The van der Waals surface area contributed by atoms with E-state index in [9.17, 15) is 19.7 Å². The van der Waals surface area contributed by atoms with Gasteiger partial charge in [0.05, 0.1) is 4.92 Å². The first-order chi connectivity index (χ1) is 13.2. The van der Waals surface area contributed by atoms with Crippen LogP contribution in [-0.4, -0.2) is 30.0 Å². The summed E-state index contributed by atoms with van der Waals surface area (Å²) in [5.41, 5.74) is 3.37. The minimum atomic E-state index is -0.719. The first-order valence-corrected chi connectivity index (χ1v) is 8.59. The Bertz CT molecular complexity index is 923. The van der Waals surface area contributed by atoms with Crippen LogP contribution >= 0.6 is 0 Å². The van der Waals surface area contributed by atoms with E-state index in [1.807, 2.05) is 19.9 Å². The molecule has 8 nitrogen and oxygen atoms in total. The molecular weight excluding hydrogens is 364 g/mol. The van der Waals surface area contributed by atoms with Crippen LogP contribution in [0.4, 0.5) is 11.4 Å². The number of hydrogen-bond donors (Lipinski definition) is 1. The second-order valence-corrected chi connectivity index (χ2v) is 6.40. The van der Waals surface area contributed by atoms with Gasteiger partial charge in [0.25, 0.3) is 11.6 Å². The lowest BCUT2D eigenvalue weighted by Gasteiger charge is -2.12. The predicted octanol–water partition coefficient (Wildman–Crippen LogP) is 3.39. The number of anilines is 1. The number of esters is 1. The summed E-state index contributed by atoms with van der Waals surface area (Å²) in [5.74, 6) is -0.865. The van der Waals surface area contributed by atoms with Gasteiger partial charge in [0.15, 0.2) is 13.2 Å². The zero-order chi connectivity index (χ0) is 20.8. The van der Waals surface area contributed by atoms with Crippen molar-refractivity contribution in [1.82, 2.24) is 0 Å². The topological polar surface area (TPSA) is 108 Å². The van der Waals surface area contributed by atoms with Crippen LogP contribution in [-0.2, 0) is 14.3 Å². The van der Waals surface area contributed by atoms with E-state index in [2.05, 4.69) is 5.32 Å². The molecule has 0 spiro atoms. The molecule has 8 heteroatoms. The Morgan fingerprint density at radius 1 is 1.00 bits per heavy atom. The van der Waals surface area contributed by atoms with Crippen molar-refractivity contribution >= 4 is 23.3 Å². The van der Waals surface area contributed by atoms with Crippen molar-refractivity contribution in [2.45, 2.75) is 27.7 Å². The quantitative estimate of drug-likeness (QED) is 0.444. The molecule has 0 saturated heterocycles. The normalized spacial score (nSPS) is 10.3. The zero-order valence-corrected chi connectivity index (χ0v) is 16.2. The monoisotopic (exact) mass is 386 g/mol. The summed E-state index contributed by atoms with van der Waals surface area (Å²) in [7, 11) is 0. The third-order valence-corrected chi connectivity index (χ3v) is 4.37. The minimum absolute atomic E-state index is 0.0948. The highest BCUT2D eigenvalue weighted by atomic mass is 16.6. The molecule has 2 rings (SSSR count). The number of carbonyl (C=O) groups is 2. The van der Waals surface area contributed by atoms with Gasteiger partial charge in [0.2, 0.25) is 0 Å². The molecule has 0 saturated carbocycles. The van der Waals surface area contributed by atoms with Gasteiger partial charge in [-0.25, -0.2) is 4.79 Å². The van der Waals surface area contributed by atoms with Gasteiger partial charge >= 0.3 is 5.97 Å². The number of nitro groups is 1. The minimum Gasteiger partial charge on any atom is -0.482 e. The fourth-order valence-electron chi connectivity index (χ4n) is 2.42. The first kappa shape index (κ1) is 20.9. The summed E-state index contributed by atoms with van der Waals surface area (Å²) < 4.78 is 10.2. The van der Waals surface area contributed by atoms with E-state index in [1.54, 1.807) is 32.0 Å². The number of aryl methyl sites for hydroxylation is 3. The third kappa shape index (κ3) is 5.29. The van der Waals surface area contributed by atoms with Crippen LogP contribution in [0.3, 0.4) is 0 Å². The highest BCUT2D eigenvalue weighted by Gasteiger charge is 2.20. The average molecular weight is 386 g/mol. The predicted molar refractivity (Wildman–Crippen MR) is 104 cm³/mol. The fourth-order valence-corrected chi connectivity index (χ4v) is 2.42. The highest BCUT2D eigenvalue weighted by Crippen LogP contribution is 2.30. The first-order valence-electron chi connectivity index (χ1n) is 8.59. The van der Waals surface area contributed by atoms with Gasteiger partial charge in [0.1, 0.15) is 11.4 Å². The number of nitrogens with zero attached hydrogens (tertiary/aromatic N) is 1. The lowest BCUT2D eigenvalue weighted by atomic mass is 10.1. The number of ether oxygens (including phenoxy) is 2. The molecule has 0 unspecified atom stereocenters. The van der Waals surface area contributed by atoms with Crippen LogP contribution in [0.5, 0.6) is 5.75 Å². The Balaban J connectivity index is 1.90. The average Bonchev–Trinajstić information content (AvgIpc) is 2.64. The second kappa shape index (κ2) is 8.98. The molecular formula is C20H22N2O6. The van der Waals surface area contributed by atoms with Crippen LogP contribution in [0.25, 0.3) is 0 Å². The number of amides is 1. The summed E-state index contributed by atoms with van der Waals surface area (Å²) in [6, 6.07) is 8.34. The molecule has 2 aromatic carbocycles. The molecule has 0 aliphatic carbocycles. The summed E-state index contributed by atoms with van der Waals surface area (Å²) in [4.78, 5) is 34.4. The van der Waals surface area contributed by atoms with E-state index in [-0.39, 0.29) is 18.0 Å². The zero-order valence-electron chi connectivity index (χ0n) is 16.2. The van der Waals surface area contributed by atoms with Crippen molar-refractivity contribution < 1.29 is 24.0 Å². The van der Waals surface area contributed by atoms with Gasteiger partial charge in [-0.3, -0.25) is 14.9 Å². The fraction of sp³-hybridized carbons (Fsp3) is 0.300. The van der Waals surface area contributed by atoms with Gasteiger partial charge in [-0.15, -0.1) is 0 Å². The molecule has 0 fully saturated rings. The van der Waals surface area contributed by atoms with E-state index in [4.69, 9.17) is 9.47 Å². The van der Waals surface area contributed by atoms with E-state index in [0.717, 1.165) is 16.7 Å². The number of nitrogens with one attached hydrogen (secondary N) is 1. The maximum atomic E-state index is 12.1. The number of benzene rings is 2. The van der Waals surface area contributed by atoms with Crippen LogP contribution in [0.2, 0.25) is 0 Å². The Hall–Kier alpha value is -3.42. The number of rotatable bonds is 7. The van der Waals surface area contributed by atoms with Crippen LogP contribution in [0, 0.1) is 37.8 Å². The lowest BCUT2D eigenvalue weighted by Crippen LogP contribution is -2.24. The number of carbonyl (C=O) groups excluding carboxylic acids is 2. The van der Waals surface area contributed by atoms with Gasteiger partial charge in [0, 0.05) is 6.07 Å². The van der Waals surface area contributed by atoms with Gasteiger partial charge in [-0.1, -0.05) is 12.1 Å². The van der Waals surface area contributed by atoms with Gasteiger partial charge in [-0.2, -0.15) is 0 Å². The molecule has 0 aliphatic rings. The lowest BCUT2D eigenvalue weighted by molar-refractivity contribution is -0.384. The Morgan fingerprint density at radius 3 is 2.32 bits per heavy atom. The molecule has 0 heterocycles. The SMILES string of the molecule is Cc1ccc(OCC(=O)OCC(=O)Nc2c([N+](=O)[O-])ccc(C)c2C)cc1C. The van der Waals surface area contributed by atoms with Gasteiger partial charge < -0.3 is 14.8 Å². The second-order valence-electron chi connectivity index (χ2n) is 6.40. The van der Waals surface area contributed by atoms with Crippen LogP contribution in [0.1, 0.15) is 22.3 Å². The number of nitro benzene ring substituents is 1. The summed E-state index contributed by atoms with van der Waals surface area (Å²) in [6.45, 7) is 6.42. The molecule has 28 heavy (non-hydrogen) atoms. The molecule has 1 amide bonds. The molecule has 0 atom stereocenters. The Labute approximate surface area is 162 Å². The van der Waals surface area contributed by atoms with E-state index in [1.165, 1.54) is 6.07 Å². The Kier molecular flexibility index (Phi) is 6.70. The smallest absolute Gasteiger partial charge is 0.344 e. The molecule has 0 aromatic heterocycles. The van der Waals surface area contributed by atoms with E-state index >= 15 is 0 Å². The molecule has 2 aromatic rings.